The zero-order valence-electron chi connectivity index (χ0n) is 11.5. The summed E-state index contributed by atoms with van der Waals surface area (Å²) in [5.41, 5.74) is 0.543. The number of rotatable bonds is 8. The first-order valence-corrected chi connectivity index (χ1v) is 6.35. The molecule has 1 aromatic carbocycles. The van der Waals surface area contributed by atoms with Crippen LogP contribution in [0, 0.1) is 0 Å². The number of nitrogens with two attached hydrogens (primary N) is 1. The number of Topliss-reactive ketones (excluding diaryl/α,β-unsaturated/α-hetero) is 1. The van der Waals surface area contributed by atoms with Crippen molar-refractivity contribution in [2.75, 3.05) is 13.7 Å². The molecule has 110 valence electrons. The molecule has 0 unspecified atom stereocenters. The van der Waals surface area contributed by atoms with Gasteiger partial charge in [-0.3, -0.25) is 4.79 Å². The van der Waals surface area contributed by atoms with Crippen molar-refractivity contribution < 1.29 is 29.9 Å². The Morgan fingerprint density at radius 2 is 1.95 bits per heavy atom. The van der Waals surface area contributed by atoms with Crippen LogP contribution in [0.1, 0.15) is 23.7 Å². The number of methoxy groups -OCH3 is 1. The number of carboxylic acids is 1. The van der Waals surface area contributed by atoms with Crippen LogP contribution in [-0.2, 0) is 4.79 Å². The van der Waals surface area contributed by atoms with E-state index >= 15 is 0 Å². The third-order valence-corrected chi connectivity index (χ3v) is 3.00. The maximum atomic E-state index is 11.9. The second-order valence-electron chi connectivity index (χ2n) is 4.51. The van der Waals surface area contributed by atoms with Gasteiger partial charge in [-0.2, -0.15) is 0 Å². The van der Waals surface area contributed by atoms with E-state index in [4.69, 9.17) is 4.74 Å². The molecule has 0 aliphatic carbocycles. The highest BCUT2D eigenvalue weighted by molar-refractivity contribution is 5.96. The Labute approximate surface area is 117 Å². The third kappa shape index (κ3) is 4.64. The van der Waals surface area contributed by atoms with Crippen molar-refractivity contribution in [1.82, 2.24) is 0 Å². The van der Waals surface area contributed by atoms with Crippen molar-refractivity contribution in [3.63, 3.8) is 0 Å². The minimum Gasteiger partial charge on any atom is -0.544 e. The number of carbonyl (C=O) groups excluding carboxylic acids is 2. The summed E-state index contributed by atoms with van der Waals surface area (Å²) in [6.45, 7) is 1.65. The van der Waals surface area contributed by atoms with Crippen molar-refractivity contribution in [3.8, 4) is 5.75 Å². The summed E-state index contributed by atoms with van der Waals surface area (Å²) in [6, 6.07) is 5.64. The first-order valence-electron chi connectivity index (χ1n) is 6.35. The lowest BCUT2D eigenvalue weighted by Gasteiger charge is -2.18. The minimum atomic E-state index is -1.34. The summed E-state index contributed by atoms with van der Waals surface area (Å²) in [7, 11) is 1.54. The molecule has 6 nitrogen and oxygen atoms in total. The third-order valence-electron chi connectivity index (χ3n) is 3.00. The van der Waals surface area contributed by atoms with Crippen LogP contribution in [0.25, 0.3) is 0 Å². The number of aliphatic hydroxyl groups is 1. The summed E-state index contributed by atoms with van der Waals surface area (Å²) in [5.74, 6) is -0.761. The van der Waals surface area contributed by atoms with E-state index in [0.29, 0.717) is 11.3 Å². The van der Waals surface area contributed by atoms with Gasteiger partial charge < -0.3 is 25.1 Å². The number of ether oxygens (including phenoxy) is 1. The van der Waals surface area contributed by atoms with E-state index in [1.54, 1.807) is 31.4 Å². The molecule has 0 amide bonds. The number of aliphatic hydroxyl groups excluding tert-OH is 1. The number of benzene rings is 1. The van der Waals surface area contributed by atoms with Gasteiger partial charge >= 0.3 is 0 Å². The van der Waals surface area contributed by atoms with E-state index in [1.807, 2.05) is 0 Å². The van der Waals surface area contributed by atoms with E-state index in [2.05, 4.69) is 0 Å². The fraction of sp³-hybridized carbons (Fsp3) is 0.429. The summed E-state index contributed by atoms with van der Waals surface area (Å²) in [6.07, 6.45) is -0.848. The molecule has 0 saturated heterocycles. The highest BCUT2D eigenvalue weighted by Gasteiger charge is 2.19. The molecule has 0 radical (unpaired) electrons. The Morgan fingerprint density at radius 1 is 1.35 bits per heavy atom. The summed E-state index contributed by atoms with van der Waals surface area (Å²) in [4.78, 5) is 22.6. The van der Waals surface area contributed by atoms with Crippen molar-refractivity contribution in [2.45, 2.75) is 25.5 Å². The molecule has 1 aromatic rings. The fourth-order valence-electron chi connectivity index (χ4n) is 1.81. The van der Waals surface area contributed by atoms with Gasteiger partial charge in [-0.05, 0) is 31.2 Å². The Bertz CT molecular complexity index is 455. The summed E-state index contributed by atoms with van der Waals surface area (Å²) in [5, 5.41) is 21.4. The topological polar surface area (TPSA) is 103 Å². The molecule has 0 spiro atoms. The molecule has 0 heterocycles. The second-order valence-corrected chi connectivity index (χ2v) is 4.51. The first kappa shape index (κ1) is 16.1. The molecule has 0 fully saturated rings. The monoisotopic (exact) mass is 281 g/mol. The van der Waals surface area contributed by atoms with Crippen molar-refractivity contribution in [1.29, 1.82) is 0 Å². The van der Waals surface area contributed by atoms with Crippen LogP contribution >= 0.6 is 0 Å². The molecule has 1 rings (SSSR count). The van der Waals surface area contributed by atoms with E-state index < -0.39 is 18.1 Å². The summed E-state index contributed by atoms with van der Waals surface area (Å²) < 4.78 is 5.00. The predicted molar refractivity (Wildman–Crippen MR) is 69.2 cm³/mol. The van der Waals surface area contributed by atoms with E-state index in [0.717, 1.165) is 0 Å². The number of carboxylic acid groups (broad SMARTS) is 1. The lowest BCUT2D eigenvalue weighted by Crippen LogP contribution is -2.95. The molecule has 0 aliphatic heterocycles. The van der Waals surface area contributed by atoms with E-state index in [-0.39, 0.29) is 18.7 Å². The Kier molecular flexibility index (Phi) is 6.14. The fourth-order valence-corrected chi connectivity index (χ4v) is 1.81. The quantitative estimate of drug-likeness (QED) is 0.555. The lowest BCUT2D eigenvalue weighted by atomic mass is 10.1. The Hall–Kier alpha value is -1.92. The van der Waals surface area contributed by atoms with Gasteiger partial charge in [0, 0.05) is 5.56 Å². The van der Waals surface area contributed by atoms with Gasteiger partial charge in [-0.1, -0.05) is 0 Å². The standard InChI is InChI=1S/C14H19NO5/c1-9(16)13(14(18)19)15-8-7-12(17)10-3-5-11(20-2)6-4-10/h3-6,9,13,15-16H,7-8H2,1-2H3,(H,18,19)/t9-,13-/m0/s1. The van der Waals surface area contributed by atoms with Crippen LogP contribution in [0.3, 0.4) is 0 Å². The van der Waals surface area contributed by atoms with Gasteiger partial charge in [-0.15, -0.1) is 0 Å². The number of ketones is 1. The van der Waals surface area contributed by atoms with Gasteiger partial charge in [0.15, 0.2) is 11.8 Å². The van der Waals surface area contributed by atoms with Crippen molar-refractivity contribution >= 4 is 11.8 Å². The SMILES string of the molecule is COc1ccc(C(=O)CC[NH2+][C@H](C(=O)[O-])[C@H](C)O)cc1. The lowest BCUT2D eigenvalue weighted by molar-refractivity contribution is -0.688. The first-order chi connectivity index (χ1) is 9.45. The molecular formula is C14H19NO5. The zero-order valence-corrected chi connectivity index (χ0v) is 11.5. The molecule has 3 N–H and O–H groups in total. The van der Waals surface area contributed by atoms with E-state index in [9.17, 15) is 19.8 Å². The van der Waals surface area contributed by atoms with E-state index in [1.165, 1.54) is 12.2 Å². The average Bonchev–Trinajstić information content (AvgIpc) is 2.42. The van der Waals surface area contributed by atoms with Crippen LogP contribution in [-0.4, -0.2) is 42.7 Å². The maximum absolute atomic E-state index is 11.9. The normalized spacial score (nSPS) is 13.6. The van der Waals surface area contributed by atoms with Crippen molar-refractivity contribution in [2.24, 2.45) is 0 Å². The number of carbonyl (C=O) groups is 2. The average molecular weight is 281 g/mol. The summed E-state index contributed by atoms with van der Waals surface area (Å²) >= 11 is 0. The molecule has 0 aliphatic rings. The minimum absolute atomic E-state index is 0.0911. The van der Waals surface area contributed by atoms with Crippen molar-refractivity contribution in [3.05, 3.63) is 29.8 Å². The van der Waals surface area contributed by atoms with Crippen LogP contribution in [0.2, 0.25) is 0 Å². The molecule has 0 aromatic heterocycles. The number of quaternary nitrogens is 1. The molecule has 6 heteroatoms. The maximum Gasteiger partial charge on any atom is 0.168 e. The highest BCUT2D eigenvalue weighted by Crippen LogP contribution is 2.12. The second kappa shape index (κ2) is 7.62. The van der Waals surface area contributed by atoms with Crippen LogP contribution in [0.4, 0.5) is 0 Å². The van der Waals surface area contributed by atoms with Gasteiger partial charge in [0.25, 0.3) is 0 Å². The molecule has 2 atom stereocenters. The molecule has 0 saturated carbocycles. The smallest absolute Gasteiger partial charge is 0.168 e. The molecular weight excluding hydrogens is 262 g/mol. The van der Waals surface area contributed by atoms with Gasteiger partial charge in [-0.25, -0.2) is 0 Å². The number of hydrogen-bond donors (Lipinski definition) is 2. The highest BCUT2D eigenvalue weighted by atomic mass is 16.5. The molecule has 0 bridgehead atoms. The van der Waals surface area contributed by atoms with Crippen LogP contribution < -0.4 is 15.2 Å². The Morgan fingerprint density at radius 3 is 2.40 bits per heavy atom. The van der Waals surface area contributed by atoms with Gasteiger partial charge in [0.1, 0.15) is 17.8 Å². The Balaban J connectivity index is 2.48. The van der Waals surface area contributed by atoms with Gasteiger partial charge in [0.05, 0.1) is 20.1 Å². The van der Waals surface area contributed by atoms with Gasteiger partial charge in [0.2, 0.25) is 0 Å². The number of aliphatic carboxylic acids is 1. The van der Waals surface area contributed by atoms with Crippen LogP contribution in [0.15, 0.2) is 24.3 Å². The number of hydrogen-bond acceptors (Lipinski definition) is 5. The predicted octanol–water partition coefficient (Wildman–Crippen LogP) is -1.67. The zero-order chi connectivity index (χ0) is 15.1. The van der Waals surface area contributed by atoms with Crippen LogP contribution in [0.5, 0.6) is 5.75 Å². The largest absolute Gasteiger partial charge is 0.544 e. The molecule has 20 heavy (non-hydrogen) atoms.